The molecule has 0 aliphatic rings. The van der Waals surface area contributed by atoms with Crippen molar-refractivity contribution >= 4 is 29.2 Å². The molecule has 0 fully saturated rings. The Kier molecular flexibility index (Phi) is 5.81. The van der Waals surface area contributed by atoms with E-state index in [9.17, 15) is 10.1 Å². The van der Waals surface area contributed by atoms with Crippen LogP contribution < -0.4 is 10.6 Å². The SMILES string of the molecule is CCC(CSC)Nc1nc(NC)nc(C)c1[N+](=O)[O-]. The molecule has 1 aromatic heterocycles. The largest absolute Gasteiger partial charge is 0.361 e. The molecule has 0 amide bonds. The summed E-state index contributed by atoms with van der Waals surface area (Å²) < 4.78 is 0. The zero-order valence-corrected chi connectivity index (χ0v) is 12.4. The van der Waals surface area contributed by atoms with Gasteiger partial charge in [0.1, 0.15) is 5.69 Å². The molecule has 0 spiro atoms. The molecule has 7 nitrogen and oxygen atoms in total. The van der Waals surface area contributed by atoms with Crippen molar-refractivity contribution < 1.29 is 4.92 Å². The Balaban J connectivity index is 3.15. The third kappa shape index (κ3) is 3.95. The van der Waals surface area contributed by atoms with Crippen molar-refractivity contribution in [2.75, 3.05) is 29.7 Å². The van der Waals surface area contributed by atoms with E-state index in [1.54, 1.807) is 25.7 Å². The molecule has 0 aliphatic heterocycles. The fraction of sp³-hybridized carbons (Fsp3) is 0.636. The van der Waals surface area contributed by atoms with Gasteiger partial charge in [0.2, 0.25) is 11.8 Å². The molecule has 0 saturated carbocycles. The van der Waals surface area contributed by atoms with Crippen molar-refractivity contribution in [2.45, 2.75) is 26.3 Å². The summed E-state index contributed by atoms with van der Waals surface area (Å²) in [6.45, 7) is 3.65. The van der Waals surface area contributed by atoms with Crippen molar-refractivity contribution in [2.24, 2.45) is 0 Å². The lowest BCUT2D eigenvalue weighted by Crippen LogP contribution is -2.23. The lowest BCUT2D eigenvalue weighted by molar-refractivity contribution is -0.385. The molecule has 1 heterocycles. The Hall–Kier alpha value is -1.57. The van der Waals surface area contributed by atoms with Crippen LogP contribution in [-0.2, 0) is 0 Å². The quantitative estimate of drug-likeness (QED) is 0.586. The smallest absolute Gasteiger partial charge is 0.332 e. The first-order valence-corrected chi connectivity index (χ1v) is 7.39. The van der Waals surface area contributed by atoms with Crippen LogP contribution in [-0.4, -0.2) is 40.0 Å². The van der Waals surface area contributed by atoms with Gasteiger partial charge in [-0.05, 0) is 19.6 Å². The summed E-state index contributed by atoms with van der Waals surface area (Å²) in [4.78, 5) is 18.9. The van der Waals surface area contributed by atoms with E-state index in [4.69, 9.17) is 0 Å². The van der Waals surface area contributed by atoms with E-state index in [0.29, 0.717) is 11.6 Å². The van der Waals surface area contributed by atoms with Crippen LogP contribution >= 0.6 is 11.8 Å². The summed E-state index contributed by atoms with van der Waals surface area (Å²) in [6.07, 6.45) is 2.87. The van der Waals surface area contributed by atoms with Crippen molar-refractivity contribution in [3.8, 4) is 0 Å². The predicted molar refractivity (Wildman–Crippen MR) is 79.1 cm³/mol. The van der Waals surface area contributed by atoms with Crippen LogP contribution in [0.1, 0.15) is 19.0 Å². The van der Waals surface area contributed by atoms with Crippen LogP contribution in [0.2, 0.25) is 0 Å². The van der Waals surface area contributed by atoms with Gasteiger partial charge in [0.15, 0.2) is 0 Å². The third-order valence-corrected chi connectivity index (χ3v) is 3.40. The van der Waals surface area contributed by atoms with Crippen LogP contribution in [0.25, 0.3) is 0 Å². The molecule has 0 aliphatic carbocycles. The summed E-state index contributed by atoms with van der Waals surface area (Å²) in [7, 11) is 1.68. The maximum absolute atomic E-state index is 11.1. The highest BCUT2D eigenvalue weighted by molar-refractivity contribution is 7.98. The fourth-order valence-electron chi connectivity index (χ4n) is 1.65. The molecule has 19 heavy (non-hydrogen) atoms. The molecule has 0 saturated heterocycles. The summed E-state index contributed by atoms with van der Waals surface area (Å²) >= 11 is 1.69. The zero-order valence-electron chi connectivity index (χ0n) is 11.6. The second-order valence-electron chi connectivity index (χ2n) is 4.04. The zero-order chi connectivity index (χ0) is 14.4. The first-order valence-electron chi connectivity index (χ1n) is 5.99. The number of rotatable bonds is 7. The number of anilines is 2. The van der Waals surface area contributed by atoms with Crippen molar-refractivity contribution in [1.29, 1.82) is 0 Å². The molecule has 1 aromatic rings. The number of aryl methyl sites for hydroxylation is 1. The number of aromatic nitrogens is 2. The minimum atomic E-state index is -0.442. The molecular formula is C11H19N5O2S. The van der Waals surface area contributed by atoms with Gasteiger partial charge in [-0.15, -0.1) is 0 Å². The Morgan fingerprint density at radius 2 is 2.16 bits per heavy atom. The van der Waals surface area contributed by atoms with Gasteiger partial charge in [-0.3, -0.25) is 10.1 Å². The van der Waals surface area contributed by atoms with E-state index >= 15 is 0 Å². The number of nitro groups is 1. The fourth-order valence-corrected chi connectivity index (χ4v) is 2.38. The second kappa shape index (κ2) is 7.13. The highest BCUT2D eigenvalue weighted by Gasteiger charge is 2.23. The molecule has 106 valence electrons. The minimum absolute atomic E-state index is 0.0569. The number of hydrogen-bond acceptors (Lipinski definition) is 7. The Labute approximate surface area is 116 Å². The maximum atomic E-state index is 11.1. The van der Waals surface area contributed by atoms with Crippen LogP contribution in [0.3, 0.4) is 0 Å². The van der Waals surface area contributed by atoms with Gasteiger partial charge in [0, 0.05) is 18.8 Å². The Morgan fingerprint density at radius 3 is 2.63 bits per heavy atom. The third-order valence-electron chi connectivity index (χ3n) is 2.67. The van der Waals surface area contributed by atoms with Gasteiger partial charge < -0.3 is 10.6 Å². The average molecular weight is 285 g/mol. The van der Waals surface area contributed by atoms with Crippen LogP contribution in [0, 0.1) is 17.0 Å². The van der Waals surface area contributed by atoms with Gasteiger partial charge >= 0.3 is 5.69 Å². The van der Waals surface area contributed by atoms with E-state index in [-0.39, 0.29) is 17.5 Å². The van der Waals surface area contributed by atoms with Crippen molar-refractivity contribution in [3.05, 3.63) is 15.8 Å². The van der Waals surface area contributed by atoms with Crippen molar-refractivity contribution in [3.63, 3.8) is 0 Å². The molecule has 1 atom stereocenters. The summed E-state index contributed by atoms with van der Waals surface area (Å²) in [5.41, 5.74) is 0.296. The minimum Gasteiger partial charge on any atom is -0.361 e. The van der Waals surface area contributed by atoms with Gasteiger partial charge in [-0.2, -0.15) is 16.7 Å². The average Bonchev–Trinajstić information content (AvgIpc) is 2.36. The van der Waals surface area contributed by atoms with E-state index < -0.39 is 4.92 Å². The summed E-state index contributed by atoms with van der Waals surface area (Å²) in [5.74, 6) is 1.53. The number of nitrogens with one attached hydrogen (secondary N) is 2. The van der Waals surface area contributed by atoms with Crippen molar-refractivity contribution in [1.82, 2.24) is 9.97 Å². The molecule has 8 heteroatoms. The first-order chi connectivity index (χ1) is 9.03. The number of nitrogens with zero attached hydrogens (tertiary/aromatic N) is 3. The summed E-state index contributed by atoms with van der Waals surface area (Å²) in [6, 6.07) is 0.146. The van der Waals surface area contributed by atoms with Gasteiger partial charge in [0.25, 0.3) is 0 Å². The lowest BCUT2D eigenvalue weighted by atomic mass is 10.2. The topological polar surface area (TPSA) is 93.0 Å². The molecule has 0 aromatic carbocycles. The molecule has 1 unspecified atom stereocenters. The Bertz CT molecular complexity index is 455. The van der Waals surface area contributed by atoms with Crippen LogP contribution in [0.5, 0.6) is 0 Å². The summed E-state index contributed by atoms with van der Waals surface area (Å²) in [5, 5.41) is 17.1. The molecule has 2 N–H and O–H groups in total. The first kappa shape index (κ1) is 15.5. The number of thioether (sulfide) groups is 1. The van der Waals surface area contributed by atoms with Crippen LogP contribution in [0.4, 0.5) is 17.5 Å². The second-order valence-corrected chi connectivity index (χ2v) is 4.95. The van der Waals surface area contributed by atoms with E-state index in [1.807, 2.05) is 13.2 Å². The van der Waals surface area contributed by atoms with E-state index in [1.165, 1.54) is 0 Å². The van der Waals surface area contributed by atoms with Gasteiger partial charge in [-0.1, -0.05) is 6.92 Å². The van der Waals surface area contributed by atoms with Gasteiger partial charge in [-0.25, -0.2) is 4.98 Å². The highest BCUT2D eigenvalue weighted by atomic mass is 32.2. The molecule has 0 radical (unpaired) electrons. The Morgan fingerprint density at radius 1 is 1.47 bits per heavy atom. The van der Waals surface area contributed by atoms with E-state index in [0.717, 1.165) is 12.2 Å². The standard InChI is InChI=1S/C11H19N5O2S/c1-5-8(6-19-4)14-10-9(16(17)18)7(2)13-11(12-3)15-10/h8H,5-6H2,1-4H3,(H2,12,13,14,15). The lowest BCUT2D eigenvalue weighted by Gasteiger charge is -2.17. The maximum Gasteiger partial charge on any atom is 0.332 e. The monoisotopic (exact) mass is 285 g/mol. The molecule has 0 bridgehead atoms. The van der Waals surface area contributed by atoms with Gasteiger partial charge in [0.05, 0.1) is 4.92 Å². The highest BCUT2D eigenvalue weighted by Crippen LogP contribution is 2.27. The van der Waals surface area contributed by atoms with Crippen LogP contribution in [0.15, 0.2) is 0 Å². The number of hydrogen-bond donors (Lipinski definition) is 2. The molecule has 1 rings (SSSR count). The predicted octanol–water partition coefficient (Wildman–Crippen LogP) is 2.29. The molecular weight excluding hydrogens is 266 g/mol. The van der Waals surface area contributed by atoms with E-state index in [2.05, 4.69) is 20.6 Å². The normalized spacial score (nSPS) is 12.0.